The van der Waals surface area contributed by atoms with Gasteiger partial charge < -0.3 is 14.9 Å². The summed E-state index contributed by atoms with van der Waals surface area (Å²) in [7, 11) is 0. The van der Waals surface area contributed by atoms with Gasteiger partial charge >= 0.3 is 5.97 Å². The van der Waals surface area contributed by atoms with Crippen LogP contribution in [-0.4, -0.2) is 36.0 Å². The van der Waals surface area contributed by atoms with Gasteiger partial charge in [-0.05, 0) is 50.4 Å². The van der Waals surface area contributed by atoms with Crippen molar-refractivity contribution in [3.05, 3.63) is 0 Å². The van der Waals surface area contributed by atoms with Crippen molar-refractivity contribution >= 4 is 5.97 Å². The van der Waals surface area contributed by atoms with Crippen molar-refractivity contribution < 1.29 is 19.7 Å². The number of hydrogen-bond donors (Lipinski definition) is 2. The first-order chi connectivity index (χ1) is 12.0. The second-order valence-corrected chi connectivity index (χ2v) is 7.50. The summed E-state index contributed by atoms with van der Waals surface area (Å²) in [6.07, 6.45) is 10.5. The number of aliphatic hydroxyl groups is 1. The van der Waals surface area contributed by atoms with E-state index in [-0.39, 0.29) is 6.61 Å². The maximum absolute atomic E-state index is 11.5. The van der Waals surface area contributed by atoms with E-state index in [2.05, 4.69) is 13.8 Å². The fourth-order valence-electron chi connectivity index (χ4n) is 3.81. The van der Waals surface area contributed by atoms with E-state index >= 15 is 0 Å². The Bertz CT molecular complexity index is 333. The van der Waals surface area contributed by atoms with Crippen LogP contribution in [0.5, 0.6) is 0 Å². The van der Waals surface area contributed by atoms with Crippen LogP contribution in [0.25, 0.3) is 0 Å². The summed E-state index contributed by atoms with van der Waals surface area (Å²) >= 11 is 0. The maximum atomic E-state index is 11.5. The molecule has 25 heavy (non-hydrogen) atoms. The molecule has 4 nitrogen and oxygen atoms in total. The molecule has 0 spiro atoms. The first kappa shape index (κ1) is 24.4. The molecule has 0 saturated heterocycles. The molecule has 0 fully saturated rings. The topological polar surface area (TPSA) is 66.8 Å². The average molecular weight is 359 g/mol. The molecule has 0 aromatic carbocycles. The van der Waals surface area contributed by atoms with Crippen LogP contribution in [0.4, 0.5) is 0 Å². The summed E-state index contributed by atoms with van der Waals surface area (Å²) in [4.78, 5) is 11.5. The molecule has 0 aliphatic heterocycles. The zero-order chi connectivity index (χ0) is 19.2. The van der Waals surface area contributed by atoms with Crippen molar-refractivity contribution in [3.8, 4) is 0 Å². The second kappa shape index (κ2) is 13.6. The Balaban J connectivity index is 3.82. The van der Waals surface area contributed by atoms with Gasteiger partial charge in [0.2, 0.25) is 0 Å². The molecule has 0 aromatic heterocycles. The number of aliphatic hydroxyl groups excluding tert-OH is 1. The van der Waals surface area contributed by atoms with Gasteiger partial charge in [-0.2, -0.15) is 0 Å². The van der Waals surface area contributed by atoms with Crippen LogP contribution in [0, 0.1) is 10.8 Å². The second-order valence-electron chi connectivity index (χ2n) is 7.50. The molecule has 0 amide bonds. The highest BCUT2D eigenvalue weighted by molar-refractivity contribution is 5.74. The molecule has 0 atom stereocenters. The van der Waals surface area contributed by atoms with Crippen LogP contribution in [0.2, 0.25) is 0 Å². The highest BCUT2D eigenvalue weighted by Crippen LogP contribution is 2.36. The number of hydrogen-bond acceptors (Lipinski definition) is 3. The van der Waals surface area contributed by atoms with E-state index in [0.717, 1.165) is 71.0 Å². The van der Waals surface area contributed by atoms with Crippen molar-refractivity contribution in [2.24, 2.45) is 10.8 Å². The van der Waals surface area contributed by atoms with Gasteiger partial charge in [-0.15, -0.1) is 0 Å². The highest BCUT2D eigenvalue weighted by atomic mass is 16.5. The van der Waals surface area contributed by atoms with Crippen LogP contribution >= 0.6 is 0 Å². The number of carbonyl (C=O) groups is 1. The lowest BCUT2D eigenvalue weighted by molar-refractivity contribution is -0.150. The van der Waals surface area contributed by atoms with E-state index < -0.39 is 11.4 Å². The third-order valence-corrected chi connectivity index (χ3v) is 6.39. The molecule has 0 radical (unpaired) electrons. The summed E-state index contributed by atoms with van der Waals surface area (Å²) in [5, 5.41) is 18.7. The number of carboxylic acids is 1. The van der Waals surface area contributed by atoms with Crippen molar-refractivity contribution in [2.75, 3.05) is 19.8 Å². The summed E-state index contributed by atoms with van der Waals surface area (Å²) < 4.78 is 5.72. The maximum Gasteiger partial charge on any atom is 0.309 e. The summed E-state index contributed by atoms with van der Waals surface area (Å²) in [5.74, 6) is -0.656. The quantitative estimate of drug-likeness (QED) is 0.341. The van der Waals surface area contributed by atoms with Gasteiger partial charge in [0, 0.05) is 19.8 Å². The zero-order valence-corrected chi connectivity index (χ0v) is 17.1. The normalized spacial score (nSPS) is 12.5. The van der Waals surface area contributed by atoms with E-state index in [0.29, 0.717) is 18.3 Å². The highest BCUT2D eigenvalue weighted by Gasteiger charge is 2.33. The van der Waals surface area contributed by atoms with E-state index in [4.69, 9.17) is 4.74 Å². The monoisotopic (exact) mass is 358 g/mol. The van der Waals surface area contributed by atoms with Gasteiger partial charge in [0.15, 0.2) is 0 Å². The van der Waals surface area contributed by atoms with Gasteiger partial charge in [-0.25, -0.2) is 0 Å². The smallest absolute Gasteiger partial charge is 0.309 e. The van der Waals surface area contributed by atoms with Gasteiger partial charge in [0.05, 0.1) is 5.41 Å². The average Bonchev–Trinajstić information content (AvgIpc) is 2.62. The molecule has 0 aromatic rings. The standard InChI is InChI=1S/C21H42O4/c1-5-20(6-2,15-16-22)13-9-11-17-25-18-12-10-14-21(7-3,8-4)19(23)24/h22H,5-18H2,1-4H3,(H,23,24). The molecular weight excluding hydrogens is 316 g/mol. The Kier molecular flexibility index (Phi) is 13.2. The van der Waals surface area contributed by atoms with Crippen molar-refractivity contribution in [2.45, 2.75) is 98.3 Å². The Morgan fingerprint density at radius 1 is 0.800 bits per heavy atom. The van der Waals surface area contributed by atoms with Gasteiger partial charge in [0.25, 0.3) is 0 Å². The Labute approximate surface area is 155 Å². The van der Waals surface area contributed by atoms with Crippen molar-refractivity contribution in [3.63, 3.8) is 0 Å². The zero-order valence-electron chi connectivity index (χ0n) is 17.1. The Morgan fingerprint density at radius 2 is 1.32 bits per heavy atom. The summed E-state index contributed by atoms with van der Waals surface area (Å²) in [6.45, 7) is 10.2. The molecule has 0 aliphatic rings. The lowest BCUT2D eigenvalue weighted by atomic mass is 9.75. The van der Waals surface area contributed by atoms with E-state index in [1.807, 2.05) is 13.8 Å². The van der Waals surface area contributed by atoms with Crippen LogP contribution in [0.15, 0.2) is 0 Å². The van der Waals surface area contributed by atoms with Crippen molar-refractivity contribution in [1.82, 2.24) is 0 Å². The predicted molar refractivity (Wildman–Crippen MR) is 104 cm³/mol. The molecule has 2 N–H and O–H groups in total. The molecular formula is C21H42O4. The Morgan fingerprint density at radius 3 is 1.72 bits per heavy atom. The fraction of sp³-hybridized carbons (Fsp3) is 0.952. The third-order valence-electron chi connectivity index (χ3n) is 6.39. The molecule has 0 bridgehead atoms. The van der Waals surface area contributed by atoms with E-state index in [1.165, 1.54) is 0 Å². The number of ether oxygens (including phenoxy) is 1. The minimum absolute atomic E-state index is 0.283. The lowest BCUT2D eigenvalue weighted by Crippen LogP contribution is -2.29. The molecule has 0 aliphatic carbocycles. The first-order valence-electron chi connectivity index (χ1n) is 10.4. The molecule has 0 unspecified atom stereocenters. The van der Waals surface area contributed by atoms with Gasteiger partial charge in [-0.3, -0.25) is 4.79 Å². The molecule has 0 heterocycles. The first-order valence-corrected chi connectivity index (χ1v) is 10.4. The number of carboxylic acid groups (broad SMARTS) is 1. The number of rotatable bonds is 17. The summed E-state index contributed by atoms with van der Waals surface area (Å²) in [6, 6.07) is 0. The van der Waals surface area contributed by atoms with E-state index in [1.54, 1.807) is 0 Å². The number of aliphatic carboxylic acids is 1. The van der Waals surface area contributed by atoms with Crippen LogP contribution in [-0.2, 0) is 9.53 Å². The van der Waals surface area contributed by atoms with Crippen molar-refractivity contribution in [1.29, 1.82) is 0 Å². The van der Waals surface area contributed by atoms with Gasteiger partial charge in [-0.1, -0.05) is 53.4 Å². The molecule has 4 heteroatoms. The van der Waals surface area contributed by atoms with Gasteiger partial charge in [0.1, 0.15) is 0 Å². The van der Waals surface area contributed by atoms with E-state index in [9.17, 15) is 15.0 Å². The minimum Gasteiger partial charge on any atom is -0.481 e. The fourth-order valence-corrected chi connectivity index (χ4v) is 3.81. The third kappa shape index (κ3) is 8.54. The largest absolute Gasteiger partial charge is 0.481 e. The predicted octanol–water partition coefficient (Wildman–Crippen LogP) is 5.42. The number of unbranched alkanes of at least 4 members (excludes halogenated alkanes) is 2. The van der Waals surface area contributed by atoms with Crippen LogP contribution in [0.1, 0.15) is 98.3 Å². The minimum atomic E-state index is -0.656. The molecule has 0 saturated carbocycles. The lowest BCUT2D eigenvalue weighted by Gasteiger charge is -2.31. The van der Waals surface area contributed by atoms with Crippen LogP contribution in [0.3, 0.4) is 0 Å². The Hall–Kier alpha value is -0.610. The molecule has 150 valence electrons. The SMILES string of the molecule is CCC(CC)(CCO)CCCCOCCCCC(CC)(CC)C(=O)O. The summed E-state index contributed by atoms with van der Waals surface area (Å²) in [5.41, 5.74) is -0.244. The van der Waals surface area contributed by atoms with Crippen LogP contribution < -0.4 is 0 Å². The molecule has 0 rings (SSSR count).